The SMILES string of the molecule is C=CCCC(=O)NC[C@H](OC(=O)[C@@H]1[C@H]2O[C@@]3(CC2Br)[C@H](C(=O)N(CC=C)c2ccccc2Cl)N([C@H](CO)c2ccccc2)C(=O)[C@@H]13)c1ccccc1. The van der Waals surface area contributed by atoms with Crippen molar-refractivity contribution in [2.75, 3.05) is 24.6 Å². The number of anilines is 1. The summed E-state index contributed by atoms with van der Waals surface area (Å²) in [5.74, 6) is -4.11. The van der Waals surface area contributed by atoms with Gasteiger partial charge in [-0.05, 0) is 36.1 Å². The maximum absolute atomic E-state index is 15.1. The number of allylic oxidation sites excluding steroid dienone is 1. The summed E-state index contributed by atoms with van der Waals surface area (Å²) in [5.41, 5.74) is 0.230. The zero-order valence-corrected chi connectivity index (χ0v) is 30.8. The fraction of sp³-hybridized carbons (Fsp3) is 0.350. The highest BCUT2D eigenvalue weighted by Gasteiger charge is 2.77. The van der Waals surface area contributed by atoms with E-state index in [0.717, 1.165) is 0 Å². The zero-order valence-electron chi connectivity index (χ0n) is 28.5. The molecule has 1 spiro atoms. The second-order valence-electron chi connectivity index (χ2n) is 13.2. The minimum absolute atomic E-state index is 0.00759. The first-order valence-electron chi connectivity index (χ1n) is 17.3. The van der Waals surface area contributed by atoms with E-state index >= 15 is 4.79 Å². The van der Waals surface area contributed by atoms with Gasteiger partial charge in [-0.15, -0.1) is 13.2 Å². The van der Waals surface area contributed by atoms with E-state index in [2.05, 4.69) is 34.4 Å². The fourth-order valence-electron chi connectivity index (χ4n) is 7.88. The Bertz CT molecular complexity index is 1810. The number of carbonyl (C=O) groups is 4. The Morgan fingerprint density at radius 1 is 1.04 bits per heavy atom. The summed E-state index contributed by atoms with van der Waals surface area (Å²) >= 11 is 10.3. The second kappa shape index (κ2) is 16.2. The number of nitrogens with zero attached hydrogens (tertiary/aromatic N) is 2. The van der Waals surface area contributed by atoms with Crippen LogP contribution in [0.4, 0.5) is 5.69 Å². The van der Waals surface area contributed by atoms with Gasteiger partial charge in [0.15, 0.2) is 0 Å². The standard InChI is InChI=1S/C40H41BrClN3O7/c1-3-5-20-32(47)43-23-31(26-16-10-7-11-17-26)51-39(50)33-34-37(48)45(30(24-46)25-14-8-6-9-15-25)36(40(34)22-27(41)35(33)52-40)38(49)44(21-4-2)29-19-13-12-18-28(29)42/h3-4,6-19,27,30-31,33-36,46H,1-2,5,20-24H2,(H,43,47)/t27?,30-,31+,33+,34-,35+,36+,40-/m1/s1. The monoisotopic (exact) mass is 789 g/mol. The lowest BCUT2D eigenvalue weighted by Gasteiger charge is -2.39. The van der Waals surface area contributed by atoms with Crippen LogP contribution in [-0.2, 0) is 28.7 Å². The van der Waals surface area contributed by atoms with Gasteiger partial charge in [-0.3, -0.25) is 19.2 Å². The Morgan fingerprint density at radius 2 is 1.69 bits per heavy atom. The van der Waals surface area contributed by atoms with Gasteiger partial charge in [0.05, 0.1) is 47.8 Å². The van der Waals surface area contributed by atoms with Gasteiger partial charge in [0.25, 0.3) is 5.91 Å². The first-order valence-corrected chi connectivity index (χ1v) is 18.6. The predicted molar refractivity (Wildman–Crippen MR) is 201 cm³/mol. The number of carbonyl (C=O) groups excluding carboxylic acids is 4. The molecular formula is C40H41BrClN3O7. The smallest absolute Gasteiger partial charge is 0.313 e. The number of fused-ring (bicyclic) bond motifs is 1. The number of rotatable bonds is 15. The lowest BCUT2D eigenvalue weighted by molar-refractivity contribution is -0.160. The van der Waals surface area contributed by atoms with Gasteiger partial charge in [0, 0.05) is 17.8 Å². The highest BCUT2D eigenvalue weighted by Crippen LogP contribution is 2.61. The highest BCUT2D eigenvalue weighted by molar-refractivity contribution is 9.09. The molecule has 272 valence electrons. The number of benzene rings is 3. The average molecular weight is 791 g/mol. The molecule has 12 heteroatoms. The third-order valence-corrected chi connectivity index (χ3v) is 11.3. The van der Waals surface area contributed by atoms with E-state index in [1.165, 1.54) is 9.80 Å². The van der Waals surface area contributed by atoms with Crippen molar-refractivity contribution in [1.29, 1.82) is 0 Å². The molecule has 0 radical (unpaired) electrons. The van der Waals surface area contributed by atoms with Crippen LogP contribution in [-0.4, -0.2) is 76.0 Å². The number of hydrogen-bond donors (Lipinski definition) is 2. The van der Waals surface area contributed by atoms with E-state index < -0.39 is 70.9 Å². The van der Waals surface area contributed by atoms with Crippen LogP contribution < -0.4 is 10.2 Å². The molecular weight excluding hydrogens is 750 g/mol. The topological polar surface area (TPSA) is 125 Å². The first kappa shape index (κ1) is 37.5. The molecule has 52 heavy (non-hydrogen) atoms. The summed E-state index contributed by atoms with van der Waals surface area (Å²) in [6, 6.07) is 22.7. The van der Waals surface area contributed by atoms with Crippen molar-refractivity contribution in [3.8, 4) is 0 Å². The zero-order chi connectivity index (χ0) is 37.0. The average Bonchev–Trinajstić information content (AvgIpc) is 3.76. The van der Waals surface area contributed by atoms with Gasteiger partial charge in [-0.1, -0.05) is 112 Å². The molecule has 2 N–H and O–H groups in total. The quantitative estimate of drug-likeness (QED) is 0.115. The normalized spacial score (nSPS) is 25.6. The molecule has 3 saturated heterocycles. The number of likely N-dealkylation sites (tertiary alicyclic amines) is 1. The Morgan fingerprint density at radius 3 is 2.33 bits per heavy atom. The number of para-hydroxylation sites is 1. The molecule has 3 aliphatic rings. The summed E-state index contributed by atoms with van der Waals surface area (Å²) in [6.07, 6.45) is 2.53. The van der Waals surface area contributed by atoms with Crippen molar-refractivity contribution in [1.82, 2.24) is 10.2 Å². The fourth-order valence-corrected chi connectivity index (χ4v) is 9.06. The van der Waals surface area contributed by atoms with Crippen LogP contribution in [0.3, 0.4) is 0 Å². The third-order valence-electron chi connectivity index (χ3n) is 10.1. The summed E-state index contributed by atoms with van der Waals surface area (Å²) in [5, 5.41) is 14.1. The van der Waals surface area contributed by atoms with Gasteiger partial charge in [0.2, 0.25) is 11.8 Å². The highest BCUT2D eigenvalue weighted by atomic mass is 79.9. The molecule has 3 amide bonds. The summed E-state index contributed by atoms with van der Waals surface area (Å²) in [6.45, 7) is 7.11. The summed E-state index contributed by atoms with van der Waals surface area (Å²) in [4.78, 5) is 59.5. The Kier molecular flexibility index (Phi) is 11.6. The predicted octanol–water partition coefficient (Wildman–Crippen LogP) is 5.71. The van der Waals surface area contributed by atoms with Crippen molar-refractivity contribution in [2.45, 2.75) is 54.0 Å². The number of nitrogens with one attached hydrogen (secondary N) is 1. The molecule has 3 aliphatic heterocycles. The van der Waals surface area contributed by atoms with E-state index in [1.54, 1.807) is 84.9 Å². The molecule has 10 nitrogen and oxygen atoms in total. The number of esters is 1. The van der Waals surface area contributed by atoms with E-state index in [-0.39, 0.29) is 31.8 Å². The number of ether oxygens (including phenoxy) is 2. The van der Waals surface area contributed by atoms with Crippen molar-refractivity contribution >= 4 is 56.9 Å². The molecule has 0 aliphatic carbocycles. The van der Waals surface area contributed by atoms with Crippen molar-refractivity contribution in [2.24, 2.45) is 11.8 Å². The Hall–Kier alpha value is -4.29. The minimum atomic E-state index is -1.46. The van der Waals surface area contributed by atoms with E-state index in [4.69, 9.17) is 21.1 Å². The molecule has 8 atom stereocenters. The van der Waals surface area contributed by atoms with Crippen LogP contribution in [0.25, 0.3) is 0 Å². The van der Waals surface area contributed by atoms with E-state index in [9.17, 15) is 19.5 Å². The second-order valence-corrected chi connectivity index (χ2v) is 14.8. The number of alkyl halides is 1. The Labute approximate surface area is 316 Å². The first-order chi connectivity index (χ1) is 25.2. The van der Waals surface area contributed by atoms with Crippen molar-refractivity contribution < 1.29 is 33.8 Å². The third kappa shape index (κ3) is 6.94. The number of aliphatic hydroxyl groups excluding tert-OH is 1. The molecule has 6 rings (SSSR count). The molecule has 0 saturated carbocycles. The minimum Gasteiger partial charge on any atom is -0.455 e. The summed E-state index contributed by atoms with van der Waals surface area (Å²) in [7, 11) is 0. The molecule has 3 fully saturated rings. The molecule has 3 heterocycles. The van der Waals surface area contributed by atoms with E-state index in [1.807, 2.05) is 12.1 Å². The molecule has 1 unspecified atom stereocenters. The van der Waals surface area contributed by atoms with Crippen LogP contribution in [0.5, 0.6) is 0 Å². The van der Waals surface area contributed by atoms with Gasteiger partial charge >= 0.3 is 5.97 Å². The lowest BCUT2D eigenvalue weighted by Crippen LogP contribution is -2.57. The lowest BCUT2D eigenvalue weighted by atomic mass is 9.70. The maximum atomic E-state index is 15.1. The van der Waals surface area contributed by atoms with Gasteiger partial charge in [0.1, 0.15) is 17.7 Å². The largest absolute Gasteiger partial charge is 0.455 e. The summed E-state index contributed by atoms with van der Waals surface area (Å²) < 4.78 is 12.9. The number of amides is 3. The van der Waals surface area contributed by atoms with Crippen LogP contribution >= 0.6 is 27.5 Å². The van der Waals surface area contributed by atoms with Crippen LogP contribution in [0.1, 0.15) is 42.5 Å². The molecule has 2 bridgehead atoms. The Balaban J connectivity index is 1.40. The van der Waals surface area contributed by atoms with Crippen molar-refractivity contribution in [3.63, 3.8) is 0 Å². The van der Waals surface area contributed by atoms with Gasteiger partial charge in [-0.2, -0.15) is 0 Å². The van der Waals surface area contributed by atoms with Crippen LogP contribution in [0, 0.1) is 11.8 Å². The van der Waals surface area contributed by atoms with Crippen LogP contribution in [0.15, 0.2) is 110 Å². The number of halogens is 2. The van der Waals surface area contributed by atoms with Crippen LogP contribution in [0.2, 0.25) is 5.02 Å². The van der Waals surface area contributed by atoms with Crippen molar-refractivity contribution in [3.05, 3.63) is 126 Å². The van der Waals surface area contributed by atoms with Gasteiger partial charge in [-0.25, -0.2) is 0 Å². The molecule has 0 aromatic heterocycles. The maximum Gasteiger partial charge on any atom is 0.313 e. The number of aliphatic hydroxyl groups is 1. The molecule has 3 aromatic rings. The molecule has 3 aromatic carbocycles. The van der Waals surface area contributed by atoms with E-state index in [0.29, 0.717) is 28.3 Å². The van der Waals surface area contributed by atoms with Gasteiger partial charge < -0.3 is 29.7 Å². The number of hydrogen-bond acceptors (Lipinski definition) is 7.